The molecular weight excluding hydrogens is 216 g/mol. The topological polar surface area (TPSA) is 0 Å². The molecule has 0 N–H and O–H groups in total. The summed E-state index contributed by atoms with van der Waals surface area (Å²) in [5.41, 5.74) is 8.44. The molecule has 0 nitrogen and oxygen atoms in total. The molecule has 2 rings (SSSR count). The molecule has 0 heterocycles. The summed E-state index contributed by atoms with van der Waals surface area (Å²) in [5.74, 6) is 0. The van der Waals surface area contributed by atoms with Crippen molar-refractivity contribution < 1.29 is 0 Å². The van der Waals surface area contributed by atoms with Gasteiger partial charge in [0.2, 0.25) is 0 Å². The van der Waals surface area contributed by atoms with E-state index >= 15 is 0 Å². The standard InChI is InChI=1S/C18H22/c1-13(2)15-8-10-16(11-9-15)18-7-5-6-17(12-18)14(3)4/h5,7-8,10-12H,6,9H2,1-4H3. The van der Waals surface area contributed by atoms with E-state index in [-0.39, 0.29) is 0 Å². The molecule has 0 aromatic rings. The molecule has 0 saturated carbocycles. The highest BCUT2D eigenvalue weighted by atomic mass is 14.1. The van der Waals surface area contributed by atoms with Crippen molar-refractivity contribution >= 4 is 0 Å². The largest absolute Gasteiger partial charge is 0.0795 e. The van der Waals surface area contributed by atoms with Crippen LogP contribution in [0, 0.1) is 0 Å². The van der Waals surface area contributed by atoms with Gasteiger partial charge in [-0.25, -0.2) is 0 Å². The highest BCUT2D eigenvalue weighted by molar-refractivity contribution is 5.55. The van der Waals surface area contributed by atoms with Gasteiger partial charge in [-0.3, -0.25) is 0 Å². The molecule has 0 spiro atoms. The van der Waals surface area contributed by atoms with Crippen LogP contribution >= 0.6 is 0 Å². The van der Waals surface area contributed by atoms with Gasteiger partial charge in [-0.2, -0.15) is 0 Å². The normalized spacial score (nSPS) is 18.7. The fourth-order valence-corrected chi connectivity index (χ4v) is 2.27. The first kappa shape index (κ1) is 12.9. The van der Waals surface area contributed by atoms with Gasteiger partial charge in [0.05, 0.1) is 0 Å². The minimum absolute atomic E-state index is 1.06. The second-order valence-electron chi connectivity index (χ2n) is 5.45. The van der Waals surface area contributed by atoms with E-state index in [2.05, 4.69) is 64.2 Å². The van der Waals surface area contributed by atoms with E-state index in [9.17, 15) is 0 Å². The molecule has 0 unspecified atom stereocenters. The van der Waals surface area contributed by atoms with Crippen LogP contribution in [0.15, 0.2) is 69.9 Å². The molecule has 0 aliphatic heterocycles. The van der Waals surface area contributed by atoms with Crippen molar-refractivity contribution in [3.63, 3.8) is 0 Å². The minimum Gasteiger partial charge on any atom is -0.0795 e. The number of hydrogen-bond acceptors (Lipinski definition) is 0. The Labute approximate surface area is 111 Å². The molecule has 0 fully saturated rings. The first-order valence-electron chi connectivity index (χ1n) is 6.67. The Hall–Kier alpha value is -1.56. The maximum Gasteiger partial charge on any atom is -0.00889 e. The van der Waals surface area contributed by atoms with E-state index in [1.165, 1.54) is 33.4 Å². The molecule has 0 aromatic carbocycles. The van der Waals surface area contributed by atoms with E-state index in [1.54, 1.807) is 0 Å². The third-order valence-corrected chi connectivity index (χ3v) is 3.59. The molecule has 0 heteroatoms. The zero-order valence-electron chi connectivity index (χ0n) is 11.9. The average molecular weight is 238 g/mol. The minimum atomic E-state index is 1.06. The fourth-order valence-electron chi connectivity index (χ4n) is 2.27. The smallest absolute Gasteiger partial charge is 0.00889 e. The monoisotopic (exact) mass is 238 g/mol. The van der Waals surface area contributed by atoms with E-state index in [0.29, 0.717) is 0 Å². The molecule has 2 aliphatic carbocycles. The molecular formula is C18H22. The van der Waals surface area contributed by atoms with E-state index in [4.69, 9.17) is 0 Å². The average Bonchev–Trinajstić information content (AvgIpc) is 2.39. The Morgan fingerprint density at radius 2 is 1.50 bits per heavy atom. The summed E-state index contributed by atoms with van der Waals surface area (Å²) in [6.07, 6.45) is 15.8. The van der Waals surface area contributed by atoms with Crippen molar-refractivity contribution in [2.24, 2.45) is 0 Å². The van der Waals surface area contributed by atoms with E-state index in [1.807, 2.05) is 0 Å². The second-order valence-corrected chi connectivity index (χ2v) is 5.45. The Morgan fingerprint density at radius 3 is 2.06 bits per heavy atom. The first-order valence-corrected chi connectivity index (χ1v) is 6.67. The predicted molar refractivity (Wildman–Crippen MR) is 80.4 cm³/mol. The summed E-state index contributed by atoms with van der Waals surface area (Å²) >= 11 is 0. The molecule has 2 aliphatic rings. The third-order valence-electron chi connectivity index (χ3n) is 3.59. The maximum atomic E-state index is 2.34. The predicted octanol–water partition coefficient (Wildman–Crippen LogP) is 5.43. The van der Waals surface area contributed by atoms with Crippen LogP contribution < -0.4 is 0 Å². The summed E-state index contributed by atoms with van der Waals surface area (Å²) in [6.45, 7) is 8.74. The number of rotatable bonds is 1. The van der Waals surface area contributed by atoms with Crippen LogP contribution in [-0.2, 0) is 0 Å². The molecule has 0 atom stereocenters. The molecule has 0 radical (unpaired) electrons. The van der Waals surface area contributed by atoms with Gasteiger partial charge in [0, 0.05) is 0 Å². The van der Waals surface area contributed by atoms with Gasteiger partial charge < -0.3 is 0 Å². The molecule has 0 saturated heterocycles. The zero-order chi connectivity index (χ0) is 13.1. The Kier molecular flexibility index (Phi) is 3.86. The lowest BCUT2D eigenvalue weighted by molar-refractivity contribution is 1.14. The van der Waals surface area contributed by atoms with Crippen LogP contribution in [0.1, 0.15) is 40.5 Å². The van der Waals surface area contributed by atoms with Crippen molar-refractivity contribution in [3.05, 3.63) is 69.9 Å². The van der Waals surface area contributed by atoms with Crippen molar-refractivity contribution in [1.82, 2.24) is 0 Å². The molecule has 18 heavy (non-hydrogen) atoms. The van der Waals surface area contributed by atoms with Crippen molar-refractivity contribution in [2.45, 2.75) is 40.5 Å². The SMILES string of the molecule is CC(C)=C1C=CC(C2=CC(=C(C)C)CC=C2)=CC1. The van der Waals surface area contributed by atoms with Crippen molar-refractivity contribution in [2.75, 3.05) is 0 Å². The van der Waals surface area contributed by atoms with Crippen LogP contribution in [0.4, 0.5) is 0 Å². The highest BCUT2D eigenvalue weighted by Crippen LogP contribution is 2.28. The summed E-state index contributed by atoms with van der Waals surface area (Å²) < 4.78 is 0. The fraction of sp³-hybridized carbons (Fsp3) is 0.333. The van der Waals surface area contributed by atoms with Gasteiger partial charge in [-0.05, 0) is 62.8 Å². The number of hydrogen-bond donors (Lipinski definition) is 0. The van der Waals surface area contributed by atoms with Crippen LogP contribution in [0.5, 0.6) is 0 Å². The van der Waals surface area contributed by atoms with Gasteiger partial charge in [0.15, 0.2) is 0 Å². The van der Waals surface area contributed by atoms with Crippen molar-refractivity contribution in [3.8, 4) is 0 Å². The summed E-state index contributed by atoms with van der Waals surface area (Å²) in [7, 11) is 0. The molecule has 0 amide bonds. The molecule has 94 valence electrons. The van der Waals surface area contributed by atoms with E-state index < -0.39 is 0 Å². The third kappa shape index (κ3) is 2.81. The van der Waals surface area contributed by atoms with Crippen LogP contribution in [0.25, 0.3) is 0 Å². The quantitative estimate of drug-likeness (QED) is 0.571. The summed E-state index contributed by atoms with van der Waals surface area (Å²) in [4.78, 5) is 0. The maximum absolute atomic E-state index is 2.34. The first-order chi connectivity index (χ1) is 8.58. The highest BCUT2D eigenvalue weighted by Gasteiger charge is 2.09. The van der Waals surface area contributed by atoms with Crippen LogP contribution in [-0.4, -0.2) is 0 Å². The van der Waals surface area contributed by atoms with Crippen LogP contribution in [0.3, 0.4) is 0 Å². The lowest BCUT2D eigenvalue weighted by atomic mass is 9.90. The number of allylic oxidation sites excluding steroid dienone is 12. The van der Waals surface area contributed by atoms with Gasteiger partial charge in [0.25, 0.3) is 0 Å². The van der Waals surface area contributed by atoms with Gasteiger partial charge >= 0.3 is 0 Å². The molecule has 0 aromatic heterocycles. The zero-order valence-corrected chi connectivity index (χ0v) is 11.9. The molecule has 0 bridgehead atoms. The van der Waals surface area contributed by atoms with E-state index in [0.717, 1.165) is 12.8 Å². The Bertz CT molecular complexity index is 520. The lowest BCUT2D eigenvalue weighted by Gasteiger charge is -2.16. The summed E-state index contributed by atoms with van der Waals surface area (Å²) in [5, 5.41) is 0. The Morgan fingerprint density at radius 1 is 0.778 bits per heavy atom. The Balaban J connectivity index is 2.26. The van der Waals surface area contributed by atoms with Gasteiger partial charge in [-0.15, -0.1) is 0 Å². The summed E-state index contributed by atoms with van der Waals surface area (Å²) in [6, 6.07) is 0. The second kappa shape index (κ2) is 5.39. The lowest BCUT2D eigenvalue weighted by Crippen LogP contribution is -1.96. The van der Waals surface area contributed by atoms with Gasteiger partial charge in [0.1, 0.15) is 0 Å². The van der Waals surface area contributed by atoms with Crippen molar-refractivity contribution in [1.29, 1.82) is 0 Å². The van der Waals surface area contributed by atoms with Crippen LogP contribution in [0.2, 0.25) is 0 Å². The van der Waals surface area contributed by atoms with Gasteiger partial charge in [-0.1, -0.05) is 47.6 Å².